The lowest BCUT2D eigenvalue weighted by atomic mass is 9.98. The Morgan fingerprint density at radius 2 is 1.27 bits per heavy atom. The zero-order valence-electron chi connectivity index (χ0n) is 19.0. The number of nitrogens with two attached hydrogens (primary N) is 4. The van der Waals surface area contributed by atoms with Crippen LogP contribution in [-0.4, -0.2) is 0 Å². The highest BCUT2D eigenvalue weighted by molar-refractivity contribution is 5.98. The van der Waals surface area contributed by atoms with E-state index in [4.69, 9.17) is 47.4 Å². The summed E-state index contributed by atoms with van der Waals surface area (Å²) in [4.78, 5) is 34.0. The average Bonchev–Trinajstić information content (AvgIpc) is 2.79. The molecular formula is C23H28N4O6. The van der Waals surface area contributed by atoms with Gasteiger partial charge in [0, 0.05) is 23.3 Å². The van der Waals surface area contributed by atoms with Crippen molar-refractivity contribution in [3.05, 3.63) is 56.8 Å². The Morgan fingerprint density at radius 1 is 0.758 bits per heavy atom. The molecule has 3 rings (SSSR count). The molecule has 10 heteroatoms. The molecule has 0 atom stereocenters. The van der Waals surface area contributed by atoms with Gasteiger partial charge in [-0.2, -0.15) is 23.6 Å². The smallest absolute Gasteiger partial charge is 0.204 e. The Hall–Kier alpha value is -3.57. The summed E-state index contributed by atoms with van der Waals surface area (Å²) in [5.74, 6) is 22.6. The van der Waals surface area contributed by atoms with Crippen LogP contribution in [0.15, 0.2) is 44.6 Å². The predicted molar refractivity (Wildman–Crippen MR) is 126 cm³/mol. The lowest BCUT2D eigenvalue weighted by Gasteiger charge is -2.16. The van der Waals surface area contributed by atoms with Crippen molar-refractivity contribution in [1.29, 1.82) is 0 Å². The molecule has 0 unspecified atom stereocenters. The third kappa shape index (κ3) is 4.50. The monoisotopic (exact) mass is 456 g/mol. The van der Waals surface area contributed by atoms with Crippen LogP contribution in [0.25, 0.3) is 21.9 Å². The SMILES string of the molecule is CC(C)=CCc1c(ON)cc2oc3cc(ON)c(ON)c(CC=C(C)C)c3c(=O)c2c1ON. The lowest BCUT2D eigenvalue weighted by Crippen LogP contribution is -2.16. The number of fused-ring (bicyclic) bond motifs is 2. The van der Waals surface area contributed by atoms with Crippen LogP contribution in [0.5, 0.6) is 23.0 Å². The first-order chi connectivity index (χ1) is 15.8. The van der Waals surface area contributed by atoms with E-state index in [9.17, 15) is 4.79 Å². The Morgan fingerprint density at radius 3 is 1.79 bits per heavy atom. The zero-order chi connectivity index (χ0) is 24.3. The molecule has 1 heterocycles. The second-order valence-corrected chi connectivity index (χ2v) is 7.98. The first-order valence-corrected chi connectivity index (χ1v) is 10.1. The van der Waals surface area contributed by atoms with Gasteiger partial charge in [-0.25, -0.2) is 0 Å². The number of hydrogen-bond donors (Lipinski definition) is 4. The van der Waals surface area contributed by atoms with Crippen LogP contribution in [0.2, 0.25) is 0 Å². The largest absolute Gasteiger partial charge is 0.455 e. The highest BCUT2D eigenvalue weighted by atomic mass is 16.7. The second-order valence-electron chi connectivity index (χ2n) is 7.98. The maximum Gasteiger partial charge on any atom is 0.204 e. The van der Waals surface area contributed by atoms with Crippen LogP contribution < -0.4 is 48.4 Å². The van der Waals surface area contributed by atoms with Gasteiger partial charge >= 0.3 is 0 Å². The lowest BCUT2D eigenvalue weighted by molar-refractivity contribution is 0.279. The van der Waals surface area contributed by atoms with E-state index in [1.165, 1.54) is 12.1 Å². The van der Waals surface area contributed by atoms with E-state index in [0.29, 0.717) is 24.0 Å². The van der Waals surface area contributed by atoms with Gasteiger partial charge in [-0.1, -0.05) is 23.3 Å². The Bertz CT molecular complexity index is 1320. The molecule has 0 fully saturated rings. The summed E-state index contributed by atoms with van der Waals surface area (Å²) >= 11 is 0. The van der Waals surface area contributed by atoms with Crippen molar-refractivity contribution in [2.75, 3.05) is 0 Å². The minimum absolute atomic E-state index is 0.101. The summed E-state index contributed by atoms with van der Waals surface area (Å²) in [6.07, 6.45) is 4.52. The summed E-state index contributed by atoms with van der Waals surface area (Å²) < 4.78 is 6.04. The van der Waals surface area contributed by atoms with Crippen molar-refractivity contribution < 1.29 is 23.8 Å². The summed E-state index contributed by atoms with van der Waals surface area (Å²) in [5.41, 5.74) is 2.99. The molecule has 0 spiro atoms. The minimum Gasteiger partial charge on any atom is -0.455 e. The fourth-order valence-corrected chi connectivity index (χ4v) is 3.64. The fourth-order valence-electron chi connectivity index (χ4n) is 3.64. The van der Waals surface area contributed by atoms with E-state index in [2.05, 4.69) is 0 Å². The van der Waals surface area contributed by atoms with Crippen LogP contribution in [0.1, 0.15) is 38.8 Å². The van der Waals surface area contributed by atoms with Gasteiger partial charge in [0.15, 0.2) is 23.0 Å². The molecule has 1 aromatic heterocycles. The molecule has 0 aliphatic rings. The van der Waals surface area contributed by atoms with Gasteiger partial charge in [0.05, 0.1) is 5.39 Å². The summed E-state index contributed by atoms with van der Waals surface area (Å²) in [7, 11) is 0. The molecule has 0 radical (unpaired) electrons. The van der Waals surface area contributed by atoms with E-state index in [1.807, 2.05) is 39.8 Å². The van der Waals surface area contributed by atoms with Gasteiger partial charge in [-0.05, 0) is 40.5 Å². The molecule has 0 aliphatic heterocycles. The molecule has 0 aliphatic carbocycles. The molecule has 0 amide bonds. The van der Waals surface area contributed by atoms with Crippen LogP contribution in [0.4, 0.5) is 0 Å². The number of rotatable bonds is 8. The van der Waals surface area contributed by atoms with Crippen molar-refractivity contribution in [3.8, 4) is 23.0 Å². The minimum atomic E-state index is -0.396. The van der Waals surface area contributed by atoms with Gasteiger partial charge in [-0.15, -0.1) is 0 Å². The molecule has 33 heavy (non-hydrogen) atoms. The molecule has 0 bridgehead atoms. The van der Waals surface area contributed by atoms with Gasteiger partial charge in [0.2, 0.25) is 5.43 Å². The van der Waals surface area contributed by atoms with Crippen LogP contribution in [-0.2, 0) is 12.8 Å². The average molecular weight is 456 g/mol. The fraction of sp³-hybridized carbons (Fsp3) is 0.261. The first kappa shape index (κ1) is 24.1. The predicted octanol–water partition coefficient (Wildman–Crippen LogP) is 2.97. The third-order valence-corrected chi connectivity index (χ3v) is 5.21. The summed E-state index contributed by atoms with van der Waals surface area (Å²) in [5, 5.41) is 0.361. The Labute approximate surface area is 190 Å². The van der Waals surface area contributed by atoms with Gasteiger partial charge in [0.25, 0.3) is 0 Å². The van der Waals surface area contributed by atoms with E-state index in [0.717, 1.165) is 11.1 Å². The highest BCUT2D eigenvalue weighted by Crippen LogP contribution is 2.41. The van der Waals surface area contributed by atoms with E-state index in [-0.39, 0.29) is 44.9 Å². The molecule has 0 saturated carbocycles. The van der Waals surface area contributed by atoms with Crippen LogP contribution in [0.3, 0.4) is 0 Å². The molecule has 0 saturated heterocycles. The zero-order valence-corrected chi connectivity index (χ0v) is 19.0. The molecule has 8 N–H and O–H groups in total. The molecule has 2 aromatic carbocycles. The maximum absolute atomic E-state index is 13.8. The standard InChI is InChI=1S/C23H28N4O6/c1-11(2)5-7-13-15(30-24)9-17-20(23(13)33-27)21(28)19-14(8-6-12(3)4)22(32-26)18(31-25)10-16(19)29-17/h5-6,9-10H,7-8,24-27H2,1-4H3. The Balaban J connectivity index is 2.52. The first-order valence-electron chi connectivity index (χ1n) is 10.1. The van der Waals surface area contributed by atoms with Crippen LogP contribution in [0, 0.1) is 0 Å². The maximum atomic E-state index is 13.8. The van der Waals surface area contributed by atoms with Gasteiger partial charge in [-0.3, -0.25) is 4.79 Å². The number of hydrogen-bond acceptors (Lipinski definition) is 10. The van der Waals surface area contributed by atoms with Crippen LogP contribution >= 0.6 is 0 Å². The molecular weight excluding hydrogens is 428 g/mol. The van der Waals surface area contributed by atoms with E-state index >= 15 is 0 Å². The van der Waals surface area contributed by atoms with E-state index < -0.39 is 5.43 Å². The topological polar surface area (TPSA) is 171 Å². The van der Waals surface area contributed by atoms with Gasteiger partial charge < -0.3 is 23.8 Å². The van der Waals surface area contributed by atoms with Crippen molar-refractivity contribution in [1.82, 2.24) is 0 Å². The van der Waals surface area contributed by atoms with E-state index in [1.54, 1.807) is 0 Å². The van der Waals surface area contributed by atoms with Crippen molar-refractivity contribution in [2.24, 2.45) is 23.6 Å². The highest BCUT2D eigenvalue weighted by Gasteiger charge is 2.25. The number of allylic oxidation sites excluding steroid dienone is 4. The number of benzene rings is 2. The summed E-state index contributed by atoms with van der Waals surface area (Å²) in [6.45, 7) is 7.73. The van der Waals surface area contributed by atoms with Crippen molar-refractivity contribution in [2.45, 2.75) is 40.5 Å². The molecule has 10 nitrogen and oxygen atoms in total. The van der Waals surface area contributed by atoms with Gasteiger partial charge in [0.1, 0.15) is 16.6 Å². The third-order valence-electron chi connectivity index (χ3n) is 5.21. The Kier molecular flexibility index (Phi) is 7.24. The summed E-state index contributed by atoms with van der Waals surface area (Å²) in [6, 6.07) is 2.94. The quantitative estimate of drug-likeness (QED) is 0.224. The van der Waals surface area contributed by atoms with Crippen molar-refractivity contribution >= 4 is 21.9 Å². The molecule has 176 valence electrons. The normalized spacial score (nSPS) is 10.8. The second kappa shape index (κ2) is 9.92. The molecule has 3 aromatic rings. The van der Waals surface area contributed by atoms with Crippen molar-refractivity contribution in [3.63, 3.8) is 0 Å².